The van der Waals surface area contributed by atoms with Gasteiger partial charge in [-0.05, 0) is 62.8 Å². The number of piperidine rings is 1. The van der Waals surface area contributed by atoms with Crippen LogP contribution in [0.25, 0.3) is 0 Å². The van der Waals surface area contributed by atoms with Gasteiger partial charge >= 0.3 is 5.97 Å². The average molecular weight is 450 g/mol. The molecule has 2 aliphatic rings. The van der Waals surface area contributed by atoms with Crippen LogP contribution in [0.2, 0.25) is 0 Å². The third kappa shape index (κ3) is 6.29. The molecule has 31 heavy (non-hydrogen) atoms. The largest absolute Gasteiger partial charge is 0.462 e. The van der Waals surface area contributed by atoms with Crippen molar-refractivity contribution in [3.05, 3.63) is 16.5 Å². The number of carbonyl (C=O) groups excluding carboxylic acids is 3. The average Bonchev–Trinajstić information content (AvgIpc) is 3.50. The van der Waals surface area contributed by atoms with Crippen molar-refractivity contribution in [2.75, 3.05) is 31.6 Å². The van der Waals surface area contributed by atoms with Crippen molar-refractivity contribution in [3.8, 4) is 0 Å². The first-order valence-electron chi connectivity index (χ1n) is 11.5. The van der Waals surface area contributed by atoms with Gasteiger partial charge in [-0.3, -0.25) is 14.5 Å². The maximum absolute atomic E-state index is 12.8. The highest BCUT2D eigenvalue weighted by Gasteiger charge is 2.34. The van der Waals surface area contributed by atoms with Gasteiger partial charge in [-0.25, -0.2) is 4.79 Å². The number of ether oxygens (including phenoxy) is 1. The number of nitrogens with one attached hydrogen (secondary N) is 2. The van der Waals surface area contributed by atoms with E-state index < -0.39 is 0 Å². The monoisotopic (exact) mass is 449 g/mol. The first kappa shape index (κ1) is 23.7. The van der Waals surface area contributed by atoms with Crippen LogP contribution in [0.1, 0.15) is 81.1 Å². The molecule has 8 heteroatoms. The Labute approximate surface area is 188 Å². The van der Waals surface area contributed by atoms with Gasteiger partial charge in [0.05, 0.1) is 24.6 Å². The van der Waals surface area contributed by atoms with Gasteiger partial charge in [-0.15, -0.1) is 11.3 Å². The summed E-state index contributed by atoms with van der Waals surface area (Å²) >= 11 is 1.39. The summed E-state index contributed by atoms with van der Waals surface area (Å²) in [4.78, 5) is 39.9. The molecule has 7 nitrogen and oxygen atoms in total. The fourth-order valence-electron chi connectivity index (χ4n) is 4.07. The zero-order chi connectivity index (χ0) is 22.4. The van der Waals surface area contributed by atoms with Crippen LogP contribution in [0.3, 0.4) is 0 Å². The molecule has 2 atom stereocenters. The molecule has 0 aromatic carbocycles. The number of likely N-dealkylation sites (tertiary alicyclic amines) is 1. The van der Waals surface area contributed by atoms with Crippen LogP contribution in [-0.2, 0) is 14.3 Å². The second kappa shape index (κ2) is 11.1. The molecule has 2 unspecified atom stereocenters. The molecule has 0 radical (unpaired) electrons. The summed E-state index contributed by atoms with van der Waals surface area (Å²) in [6.45, 7) is 7.78. The van der Waals surface area contributed by atoms with Gasteiger partial charge in [0, 0.05) is 19.1 Å². The second-order valence-electron chi connectivity index (χ2n) is 8.64. The van der Waals surface area contributed by atoms with Crippen molar-refractivity contribution in [1.29, 1.82) is 0 Å². The molecule has 3 rings (SSSR count). The van der Waals surface area contributed by atoms with Crippen LogP contribution < -0.4 is 10.6 Å². The van der Waals surface area contributed by atoms with Gasteiger partial charge in [-0.2, -0.15) is 0 Å². The highest BCUT2D eigenvalue weighted by Crippen LogP contribution is 2.46. The predicted molar refractivity (Wildman–Crippen MR) is 123 cm³/mol. The van der Waals surface area contributed by atoms with E-state index in [1.165, 1.54) is 11.3 Å². The lowest BCUT2D eigenvalue weighted by Gasteiger charge is -2.36. The lowest BCUT2D eigenvalue weighted by Crippen LogP contribution is -2.49. The number of nitrogens with zero attached hydrogens (tertiary/aromatic N) is 1. The van der Waals surface area contributed by atoms with E-state index in [-0.39, 0.29) is 36.3 Å². The first-order valence-corrected chi connectivity index (χ1v) is 12.4. The molecule has 1 aromatic heterocycles. The molecule has 0 spiro atoms. The topological polar surface area (TPSA) is 87.7 Å². The van der Waals surface area contributed by atoms with Gasteiger partial charge in [0.25, 0.3) is 0 Å². The summed E-state index contributed by atoms with van der Waals surface area (Å²) < 4.78 is 5.24. The zero-order valence-electron chi connectivity index (χ0n) is 18.9. The van der Waals surface area contributed by atoms with Crippen LogP contribution in [-0.4, -0.2) is 55.0 Å². The summed E-state index contributed by atoms with van der Waals surface area (Å²) in [6.07, 6.45) is 5.91. The van der Waals surface area contributed by atoms with Crippen molar-refractivity contribution in [2.24, 2.45) is 5.92 Å². The number of hydrogen-bond acceptors (Lipinski definition) is 6. The third-order valence-corrected chi connectivity index (χ3v) is 7.04. The number of hydrogen-bond donors (Lipinski definition) is 2. The SMILES string of the molecule is CCCCNC(=O)C1CCC(C)N(CC(=O)Nc2scc(C3CC3)c2C(=O)OCC)C1. The summed E-state index contributed by atoms with van der Waals surface area (Å²) in [5.74, 6) is -0.123. The minimum atomic E-state index is -0.365. The molecule has 1 saturated carbocycles. The summed E-state index contributed by atoms with van der Waals surface area (Å²) in [5.41, 5.74) is 1.51. The van der Waals surface area contributed by atoms with Crippen LogP contribution >= 0.6 is 11.3 Å². The Balaban J connectivity index is 1.61. The lowest BCUT2D eigenvalue weighted by molar-refractivity contribution is -0.128. The molecule has 0 bridgehead atoms. The van der Waals surface area contributed by atoms with E-state index in [4.69, 9.17) is 4.74 Å². The zero-order valence-corrected chi connectivity index (χ0v) is 19.7. The second-order valence-corrected chi connectivity index (χ2v) is 9.52. The van der Waals surface area contributed by atoms with E-state index in [1.807, 2.05) is 5.38 Å². The van der Waals surface area contributed by atoms with E-state index >= 15 is 0 Å². The quantitative estimate of drug-likeness (QED) is 0.419. The number of rotatable bonds is 10. The van der Waals surface area contributed by atoms with E-state index in [2.05, 4.69) is 29.4 Å². The Morgan fingerprint density at radius 2 is 1.97 bits per heavy atom. The molecule has 2 amide bonds. The molecular formula is C23H35N3O4S. The molecule has 1 aliphatic carbocycles. The Bertz CT molecular complexity index is 790. The van der Waals surface area contributed by atoms with Gasteiger partial charge < -0.3 is 15.4 Å². The van der Waals surface area contributed by atoms with Crippen LogP contribution in [0.5, 0.6) is 0 Å². The number of carbonyl (C=O) groups is 3. The minimum absolute atomic E-state index is 0.0841. The number of amides is 2. The molecular weight excluding hydrogens is 414 g/mol. The molecule has 2 N–H and O–H groups in total. The van der Waals surface area contributed by atoms with Gasteiger partial charge in [0.1, 0.15) is 5.00 Å². The molecule has 1 aromatic rings. The highest BCUT2D eigenvalue weighted by atomic mass is 32.1. The summed E-state index contributed by atoms with van der Waals surface area (Å²) in [5, 5.41) is 8.51. The van der Waals surface area contributed by atoms with Crippen molar-refractivity contribution < 1.29 is 19.1 Å². The smallest absolute Gasteiger partial charge is 0.341 e. The molecule has 1 aliphatic heterocycles. The van der Waals surface area contributed by atoms with E-state index in [9.17, 15) is 14.4 Å². The van der Waals surface area contributed by atoms with Crippen LogP contribution in [0.15, 0.2) is 5.38 Å². The number of anilines is 1. The molecule has 2 fully saturated rings. The highest BCUT2D eigenvalue weighted by molar-refractivity contribution is 7.15. The Hall–Kier alpha value is -1.93. The first-order chi connectivity index (χ1) is 14.9. The predicted octanol–water partition coefficient (Wildman–Crippen LogP) is 3.76. The van der Waals surface area contributed by atoms with Crippen LogP contribution in [0, 0.1) is 5.92 Å². The maximum Gasteiger partial charge on any atom is 0.341 e. The Morgan fingerprint density at radius 3 is 2.65 bits per heavy atom. The minimum Gasteiger partial charge on any atom is -0.462 e. The Morgan fingerprint density at radius 1 is 1.19 bits per heavy atom. The molecule has 2 heterocycles. The number of esters is 1. The van der Waals surface area contributed by atoms with E-state index in [0.29, 0.717) is 36.2 Å². The Kier molecular flexibility index (Phi) is 8.49. The van der Waals surface area contributed by atoms with Crippen LogP contribution in [0.4, 0.5) is 5.00 Å². The van der Waals surface area contributed by atoms with Crippen molar-refractivity contribution in [1.82, 2.24) is 10.2 Å². The third-order valence-electron chi connectivity index (χ3n) is 6.13. The normalized spacial score (nSPS) is 21.5. The van der Waals surface area contributed by atoms with Gasteiger partial charge in [-0.1, -0.05) is 13.3 Å². The van der Waals surface area contributed by atoms with Gasteiger partial charge in [0.15, 0.2) is 0 Å². The van der Waals surface area contributed by atoms with Crippen molar-refractivity contribution >= 4 is 34.1 Å². The summed E-state index contributed by atoms with van der Waals surface area (Å²) in [7, 11) is 0. The van der Waals surface area contributed by atoms with Gasteiger partial charge in [0.2, 0.25) is 11.8 Å². The summed E-state index contributed by atoms with van der Waals surface area (Å²) in [6, 6.07) is 0.236. The van der Waals surface area contributed by atoms with Crippen molar-refractivity contribution in [2.45, 2.75) is 71.3 Å². The number of unbranched alkanes of at least 4 members (excludes halogenated alkanes) is 1. The fourth-order valence-corrected chi connectivity index (χ4v) is 5.12. The molecule has 1 saturated heterocycles. The number of thiophene rings is 1. The fraction of sp³-hybridized carbons (Fsp3) is 0.696. The van der Waals surface area contributed by atoms with E-state index in [1.54, 1.807) is 6.92 Å². The van der Waals surface area contributed by atoms with E-state index in [0.717, 1.165) is 44.1 Å². The maximum atomic E-state index is 12.8. The lowest BCUT2D eigenvalue weighted by atomic mass is 9.92. The van der Waals surface area contributed by atoms with Crippen molar-refractivity contribution in [3.63, 3.8) is 0 Å². The standard InChI is InChI=1S/C23H35N3O4S/c1-4-6-11-24-21(28)17-8-7-15(3)26(12-17)13-19(27)25-22-20(23(29)30-5-2)18(14-31-22)16-9-10-16/h14-17H,4-13H2,1-3H3,(H,24,28)(H,25,27). The molecule has 172 valence electrons.